The van der Waals surface area contributed by atoms with Gasteiger partial charge < -0.3 is 5.11 Å². The molecule has 1 aliphatic rings. The molecular weight excluding hydrogens is 242 g/mol. The van der Waals surface area contributed by atoms with E-state index in [-0.39, 0.29) is 12.5 Å². The lowest BCUT2D eigenvalue weighted by molar-refractivity contribution is -0.137. The Bertz CT molecular complexity index is 364. The predicted octanol–water partition coefficient (Wildman–Crippen LogP) is 1.44. The van der Waals surface area contributed by atoms with Crippen LogP contribution in [0.1, 0.15) is 46.0 Å². The Morgan fingerprint density at radius 2 is 2.06 bits per heavy atom. The second-order valence-corrected chi connectivity index (χ2v) is 7.23. The van der Waals surface area contributed by atoms with Gasteiger partial charge in [0.25, 0.3) is 0 Å². The molecular formula is C11H21NO4S. The van der Waals surface area contributed by atoms with E-state index in [1.165, 1.54) is 4.31 Å². The summed E-state index contributed by atoms with van der Waals surface area (Å²) in [6.45, 7) is 3.86. The SMILES string of the molecule is CC(C)S(=O)(=O)N1CCCCC1CCC(=O)O. The fourth-order valence-electron chi connectivity index (χ4n) is 2.16. The van der Waals surface area contributed by atoms with E-state index >= 15 is 0 Å². The van der Waals surface area contributed by atoms with Crippen molar-refractivity contribution >= 4 is 16.0 Å². The smallest absolute Gasteiger partial charge is 0.303 e. The van der Waals surface area contributed by atoms with Crippen LogP contribution in [-0.2, 0) is 14.8 Å². The summed E-state index contributed by atoms with van der Waals surface area (Å²) in [7, 11) is -3.26. The number of sulfonamides is 1. The van der Waals surface area contributed by atoms with Crippen LogP contribution in [-0.4, -0.2) is 41.6 Å². The first-order valence-corrected chi connectivity index (χ1v) is 7.58. The predicted molar refractivity (Wildman–Crippen MR) is 65.3 cm³/mol. The fraction of sp³-hybridized carbons (Fsp3) is 0.909. The van der Waals surface area contributed by atoms with Gasteiger partial charge in [-0.3, -0.25) is 4.79 Å². The summed E-state index contributed by atoms with van der Waals surface area (Å²) in [6, 6.07) is -0.132. The van der Waals surface area contributed by atoms with Crippen LogP contribution >= 0.6 is 0 Å². The van der Waals surface area contributed by atoms with Gasteiger partial charge in [-0.05, 0) is 33.1 Å². The van der Waals surface area contributed by atoms with Crippen LogP contribution in [0.5, 0.6) is 0 Å². The summed E-state index contributed by atoms with van der Waals surface area (Å²) in [5.41, 5.74) is 0. The highest BCUT2D eigenvalue weighted by Crippen LogP contribution is 2.25. The molecule has 0 aromatic heterocycles. The van der Waals surface area contributed by atoms with Gasteiger partial charge in [0.15, 0.2) is 0 Å². The molecule has 0 amide bonds. The molecule has 1 rings (SSSR count). The van der Waals surface area contributed by atoms with Gasteiger partial charge in [-0.15, -0.1) is 0 Å². The van der Waals surface area contributed by atoms with Gasteiger partial charge >= 0.3 is 5.97 Å². The number of hydrogen-bond donors (Lipinski definition) is 1. The Labute approximate surface area is 103 Å². The maximum Gasteiger partial charge on any atom is 0.303 e. The average Bonchev–Trinajstić information content (AvgIpc) is 2.26. The minimum absolute atomic E-state index is 0.0365. The zero-order valence-corrected chi connectivity index (χ0v) is 11.2. The Kier molecular flexibility index (Phi) is 4.94. The highest BCUT2D eigenvalue weighted by atomic mass is 32.2. The molecule has 0 aromatic carbocycles. The third-order valence-electron chi connectivity index (χ3n) is 3.19. The van der Waals surface area contributed by atoms with E-state index in [0.717, 1.165) is 19.3 Å². The van der Waals surface area contributed by atoms with Crippen LogP contribution in [0.2, 0.25) is 0 Å². The summed E-state index contributed by atoms with van der Waals surface area (Å²) >= 11 is 0. The van der Waals surface area contributed by atoms with Crippen molar-refractivity contribution in [1.82, 2.24) is 4.31 Å². The molecule has 0 aliphatic carbocycles. The first kappa shape index (κ1) is 14.4. The summed E-state index contributed by atoms with van der Waals surface area (Å²) in [4.78, 5) is 10.6. The van der Waals surface area contributed by atoms with Crippen molar-refractivity contribution in [3.05, 3.63) is 0 Å². The van der Waals surface area contributed by atoms with Gasteiger partial charge in [0, 0.05) is 19.0 Å². The van der Waals surface area contributed by atoms with Gasteiger partial charge in [0.05, 0.1) is 5.25 Å². The number of hydrogen-bond acceptors (Lipinski definition) is 3. The molecule has 1 fully saturated rings. The van der Waals surface area contributed by atoms with Gasteiger partial charge in [-0.25, -0.2) is 8.42 Å². The molecule has 1 N–H and O–H groups in total. The van der Waals surface area contributed by atoms with Crippen molar-refractivity contribution in [2.24, 2.45) is 0 Å². The van der Waals surface area contributed by atoms with Crippen molar-refractivity contribution in [2.75, 3.05) is 6.54 Å². The van der Waals surface area contributed by atoms with Crippen molar-refractivity contribution in [3.63, 3.8) is 0 Å². The highest BCUT2D eigenvalue weighted by Gasteiger charge is 2.34. The van der Waals surface area contributed by atoms with Gasteiger partial charge in [-0.1, -0.05) is 6.42 Å². The van der Waals surface area contributed by atoms with Crippen molar-refractivity contribution < 1.29 is 18.3 Å². The van der Waals surface area contributed by atoms with Gasteiger partial charge in [0.1, 0.15) is 0 Å². The topological polar surface area (TPSA) is 74.7 Å². The van der Waals surface area contributed by atoms with Gasteiger partial charge in [0.2, 0.25) is 10.0 Å². The van der Waals surface area contributed by atoms with E-state index in [1.807, 2.05) is 0 Å². The Hall–Kier alpha value is -0.620. The molecule has 1 unspecified atom stereocenters. The van der Waals surface area contributed by atoms with E-state index < -0.39 is 21.2 Å². The first-order valence-electron chi connectivity index (χ1n) is 6.08. The number of carbonyl (C=O) groups is 1. The van der Waals surface area contributed by atoms with Crippen LogP contribution in [0.4, 0.5) is 0 Å². The molecule has 0 saturated carbocycles. The van der Waals surface area contributed by atoms with Crippen LogP contribution in [0.15, 0.2) is 0 Å². The van der Waals surface area contributed by atoms with E-state index in [4.69, 9.17) is 5.11 Å². The normalized spacial score (nSPS) is 22.9. The Balaban J connectivity index is 2.76. The summed E-state index contributed by atoms with van der Waals surface area (Å²) in [6.07, 6.45) is 3.08. The van der Waals surface area contributed by atoms with E-state index in [0.29, 0.717) is 13.0 Å². The van der Waals surface area contributed by atoms with Gasteiger partial charge in [-0.2, -0.15) is 4.31 Å². The van der Waals surface area contributed by atoms with Crippen LogP contribution in [0, 0.1) is 0 Å². The molecule has 6 heteroatoms. The summed E-state index contributed by atoms with van der Waals surface area (Å²) in [5, 5.41) is 8.24. The maximum atomic E-state index is 12.1. The zero-order chi connectivity index (χ0) is 13.1. The Morgan fingerprint density at radius 3 is 2.59 bits per heavy atom. The largest absolute Gasteiger partial charge is 0.481 e. The van der Waals surface area contributed by atoms with Crippen LogP contribution in [0.3, 0.4) is 0 Å². The average molecular weight is 263 g/mol. The third kappa shape index (κ3) is 3.67. The number of carboxylic acids is 1. The molecule has 1 aliphatic heterocycles. The summed E-state index contributed by atoms with van der Waals surface area (Å²) in [5.74, 6) is -0.863. The molecule has 0 radical (unpaired) electrons. The minimum Gasteiger partial charge on any atom is -0.481 e. The molecule has 0 aromatic rings. The van der Waals surface area contributed by atoms with E-state index in [2.05, 4.69) is 0 Å². The summed E-state index contributed by atoms with van der Waals surface area (Å²) < 4.78 is 25.8. The molecule has 1 atom stereocenters. The van der Waals surface area contributed by atoms with E-state index in [9.17, 15) is 13.2 Å². The lowest BCUT2D eigenvalue weighted by Crippen LogP contribution is -2.46. The van der Waals surface area contributed by atoms with Crippen LogP contribution < -0.4 is 0 Å². The number of aliphatic carboxylic acids is 1. The third-order valence-corrected chi connectivity index (χ3v) is 5.51. The van der Waals surface area contributed by atoms with Crippen molar-refractivity contribution in [1.29, 1.82) is 0 Å². The number of rotatable bonds is 5. The first-order chi connectivity index (χ1) is 7.85. The fourth-order valence-corrected chi connectivity index (χ4v) is 3.71. The molecule has 5 nitrogen and oxygen atoms in total. The number of nitrogens with zero attached hydrogens (tertiary/aromatic N) is 1. The number of piperidine rings is 1. The molecule has 100 valence electrons. The standard InChI is InChI=1S/C11H21NO4S/c1-9(2)17(15,16)12-8-4-3-5-10(12)6-7-11(13)14/h9-10H,3-8H2,1-2H3,(H,13,14). The monoisotopic (exact) mass is 263 g/mol. The lowest BCUT2D eigenvalue weighted by Gasteiger charge is -2.35. The quantitative estimate of drug-likeness (QED) is 0.814. The lowest BCUT2D eigenvalue weighted by atomic mass is 10.0. The second-order valence-electron chi connectivity index (χ2n) is 4.79. The van der Waals surface area contributed by atoms with Crippen molar-refractivity contribution in [3.8, 4) is 0 Å². The van der Waals surface area contributed by atoms with Crippen LogP contribution in [0.25, 0.3) is 0 Å². The highest BCUT2D eigenvalue weighted by molar-refractivity contribution is 7.89. The molecule has 1 saturated heterocycles. The zero-order valence-electron chi connectivity index (χ0n) is 10.4. The number of carboxylic acid groups (broad SMARTS) is 1. The van der Waals surface area contributed by atoms with Crippen molar-refractivity contribution in [2.45, 2.75) is 57.2 Å². The molecule has 17 heavy (non-hydrogen) atoms. The minimum atomic E-state index is -3.26. The molecule has 0 bridgehead atoms. The molecule has 0 spiro atoms. The molecule has 1 heterocycles. The second kappa shape index (κ2) is 5.82. The van der Waals surface area contributed by atoms with E-state index in [1.54, 1.807) is 13.8 Å². The Morgan fingerprint density at radius 1 is 1.41 bits per heavy atom. The maximum absolute atomic E-state index is 12.1.